The first-order valence-electron chi connectivity index (χ1n) is 9.69. The molecular weight excluding hydrogens is 346 g/mol. The Morgan fingerprint density at radius 1 is 1.19 bits per heavy atom. The Balaban J connectivity index is 1.53. The molecule has 1 aromatic rings. The zero-order valence-electron chi connectivity index (χ0n) is 16.2. The van der Waals surface area contributed by atoms with Crippen LogP contribution in [0, 0.1) is 0 Å². The van der Waals surface area contributed by atoms with Crippen molar-refractivity contribution < 1.29 is 14.3 Å². The van der Waals surface area contributed by atoms with Gasteiger partial charge in [0.1, 0.15) is 5.82 Å². The molecule has 0 radical (unpaired) electrons. The van der Waals surface area contributed by atoms with Gasteiger partial charge in [-0.05, 0) is 38.9 Å². The fraction of sp³-hybridized carbons (Fsp3) is 0.632. The summed E-state index contributed by atoms with van der Waals surface area (Å²) in [5, 5.41) is 3.09. The molecule has 0 unspecified atom stereocenters. The second kappa shape index (κ2) is 9.03. The molecule has 2 amide bonds. The van der Waals surface area contributed by atoms with Gasteiger partial charge in [-0.25, -0.2) is 9.78 Å². The van der Waals surface area contributed by atoms with E-state index in [1.54, 1.807) is 24.1 Å². The fourth-order valence-corrected chi connectivity index (χ4v) is 3.46. The molecule has 2 fully saturated rings. The van der Waals surface area contributed by atoms with Crippen molar-refractivity contribution in [2.45, 2.75) is 25.8 Å². The molecule has 27 heavy (non-hydrogen) atoms. The summed E-state index contributed by atoms with van der Waals surface area (Å²) in [6.45, 7) is 7.22. The van der Waals surface area contributed by atoms with Crippen molar-refractivity contribution in [2.24, 2.45) is 0 Å². The SMILES string of the molecule is CCOC(=O)N1CCC(NC(=O)c2ccnc(N3CCN(C)CC3)c2)CC1. The number of hydrogen-bond acceptors (Lipinski definition) is 6. The van der Waals surface area contributed by atoms with Crippen LogP contribution in [0.3, 0.4) is 0 Å². The van der Waals surface area contributed by atoms with Crippen LogP contribution < -0.4 is 10.2 Å². The lowest BCUT2D eigenvalue weighted by Gasteiger charge is -2.33. The summed E-state index contributed by atoms with van der Waals surface area (Å²) in [7, 11) is 2.11. The van der Waals surface area contributed by atoms with Gasteiger partial charge in [0.15, 0.2) is 0 Å². The highest BCUT2D eigenvalue weighted by Gasteiger charge is 2.25. The summed E-state index contributed by atoms with van der Waals surface area (Å²) < 4.78 is 5.03. The highest BCUT2D eigenvalue weighted by molar-refractivity contribution is 5.95. The molecular formula is C19H29N5O3. The molecule has 2 aliphatic heterocycles. The Hall–Kier alpha value is -2.35. The third-order valence-electron chi connectivity index (χ3n) is 5.19. The van der Waals surface area contributed by atoms with Crippen LogP contribution in [-0.4, -0.2) is 85.7 Å². The number of carbonyl (C=O) groups excluding carboxylic acids is 2. The van der Waals surface area contributed by atoms with E-state index in [1.165, 1.54) is 0 Å². The Morgan fingerprint density at radius 2 is 1.89 bits per heavy atom. The number of aromatic nitrogens is 1. The van der Waals surface area contributed by atoms with E-state index < -0.39 is 0 Å². The number of anilines is 1. The maximum Gasteiger partial charge on any atom is 0.409 e. The molecule has 1 N–H and O–H groups in total. The molecule has 0 atom stereocenters. The van der Waals surface area contributed by atoms with Gasteiger partial charge in [-0.1, -0.05) is 0 Å². The number of likely N-dealkylation sites (tertiary alicyclic amines) is 1. The molecule has 3 heterocycles. The number of carbonyl (C=O) groups is 2. The van der Waals surface area contributed by atoms with Crippen LogP contribution >= 0.6 is 0 Å². The average Bonchev–Trinajstić information content (AvgIpc) is 2.69. The van der Waals surface area contributed by atoms with E-state index in [0.29, 0.717) is 25.3 Å². The number of nitrogens with zero attached hydrogens (tertiary/aromatic N) is 4. The summed E-state index contributed by atoms with van der Waals surface area (Å²) in [5.41, 5.74) is 0.631. The minimum atomic E-state index is -0.270. The van der Waals surface area contributed by atoms with E-state index in [-0.39, 0.29) is 18.0 Å². The van der Waals surface area contributed by atoms with Crippen LogP contribution in [-0.2, 0) is 4.74 Å². The third kappa shape index (κ3) is 5.09. The van der Waals surface area contributed by atoms with E-state index in [4.69, 9.17) is 4.74 Å². The van der Waals surface area contributed by atoms with E-state index >= 15 is 0 Å². The van der Waals surface area contributed by atoms with Gasteiger partial charge in [-0.2, -0.15) is 0 Å². The first kappa shape index (κ1) is 19.4. The van der Waals surface area contributed by atoms with Crippen LogP contribution in [0.2, 0.25) is 0 Å². The molecule has 8 nitrogen and oxygen atoms in total. The van der Waals surface area contributed by atoms with E-state index in [1.807, 2.05) is 6.07 Å². The van der Waals surface area contributed by atoms with Crippen molar-refractivity contribution in [3.8, 4) is 0 Å². The molecule has 8 heteroatoms. The predicted octanol–water partition coefficient (Wildman–Crippen LogP) is 1.18. The molecule has 0 aromatic carbocycles. The summed E-state index contributed by atoms with van der Waals surface area (Å²) >= 11 is 0. The van der Waals surface area contributed by atoms with Crippen LogP contribution in [0.5, 0.6) is 0 Å². The molecule has 0 saturated carbocycles. The largest absolute Gasteiger partial charge is 0.450 e. The van der Waals surface area contributed by atoms with E-state index in [0.717, 1.165) is 44.8 Å². The minimum absolute atomic E-state index is 0.0726. The monoisotopic (exact) mass is 375 g/mol. The standard InChI is InChI=1S/C19H29N5O3/c1-3-27-19(26)24-8-5-16(6-9-24)21-18(25)15-4-7-20-17(14-15)23-12-10-22(2)11-13-23/h4,7,14,16H,3,5-6,8-13H2,1-2H3,(H,21,25). The molecule has 3 rings (SSSR count). The quantitative estimate of drug-likeness (QED) is 0.852. The number of piperidine rings is 1. The van der Waals surface area contributed by atoms with Crippen LogP contribution in [0.1, 0.15) is 30.1 Å². The number of likely N-dealkylation sites (N-methyl/N-ethyl adjacent to an activating group) is 1. The number of piperazine rings is 1. The number of ether oxygens (including phenoxy) is 1. The smallest absolute Gasteiger partial charge is 0.409 e. The zero-order chi connectivity index (χ0) is 19.2. The number of amides is 2. The van der Waals surface area contributed by atoms with Gasteiger partial charge in [0.2, 0.25) is 0 Å². The number of rotatable bonds is 4. The van der Waals surface area contributed by atoms with Crippen LogP contribution in [0.15, 0.2) is 18.3 Å². The Labute approximate surface area is 160 Å². The molecule has 2 saturated heterocycles. The van der Waals surface area contributed by atoms with Crippen molar-refractivity contribution in [3.05, 3.63) is 23.9 Å². The Kier molecular flexibility index (Phi) is 6.49. The molecule has 0 bridgehead atoms. The second-order valence-corrected chi connectivity index (χ2v) is 7.13. The molecule has 0 spiro atoms. The fourth-order valence-electron chi connectivity index (χ4n) is 3.46. The van der Waals surface area contributed by atoms with E-state index in [2.05, 4.69) is 27.1 Å². The Morgan fingerprint density at radius 3 is 2.56 bits per heavy atom. The lowest BCUT2D eigenvalue weighted by atomic mass is 10.0. The van der Waals surface area contributed by atoms with E-state index in [9.17, 15) is 9.59 Å². The summed E-state index contributed by atoms with van der Waals surface area (Å²) in [6.07, 6.45) is 2.90. The average molecular weight is 375 g/mol. The van der Waals surface area contributed by atoms with Crippen molar-refractivity contribution in [1.82, 2.24) is 20.1 Å². The van der Waals surface area contributed by atoms with Gasteiger partial charge in [-0.3, -0.25) is 4.79 Å². The summed E-state index contributed by atoms with van der Waals surface area (Å²) in [6, 6.07) is 3.69. The minimum Gasteiger partial charge on any atom is -0.450 e. The zero-order valence-corrected chi connectivity index (χ0v) is 16.2. The van der Waals surface area contributed by atoms with Gasteiger partial charge in [-0.15, -0.1) is 0 Å². The second-order valence-electron chi connectivity index (χ2n) is 7.13. The summed E-state index contributed by atoms with van der Waals surface area (Å²) in [4.78, 5) is 35.0. The number of pyridine rings is 1. The van der Waals surface area contributed by atoms with Crippen molar-refractivity contribution in [1.29, 1.82) is 0 Å². The summed E-state index contributed by atoms with van der Waals surface area (Å²) in [5.74, 6) is 0.773. The lowest BCUT2D eigenvalue weighted by molar-refractivity contribution is 0.0860. The molecule has 2 aliphatic rings. The maximum atomic E-state index is 12.6. The first-order valence-corrected chi connectivity index (χ1v) is 9.69. The van der Waals surface area contributed by atoms with Crippen molar-refractivity contribution in [3.63, 3.8) is 0 Å². The van der Waals surface area contributed by atoms with Crippen LogP contribution in [0.4, 0.5) is 10.6 Å². The molecule has 1 aromatic heterocycles. The predicted molar refractivity (Wildman–Crippen MR) is 103 cm³/mol. The highest BCUT2D eigenvalue weighted by Crippen LogP contribution is 2.16. The van der Waals surface area contributed by atoms with Crippen molar-refractivity contribution >= 4 is 17.8 Å². The molecule has 0 aliphatic carbocycles. The number of hydrogen-bond donors (Lipinski definition) is 1. The van der Waals surface area contributed by atoms with Gasteiger partial charge < -0.3 is 24.8 Å². The third-order valence-corrected chi connectivity index (χ3v) is 5.19. The topological polar surface area (TPSA) is 78.0 Å². The molecule has 148 valence electrons. The number of nitrogens with one attached hydrogen (secondary N) is 1. The van der Waals surface area contributed by atoms with Gasteiger partial charge in [0.25, 0.3) is 5.91 Å². The maximum absolute atomic E-state index is 12.6. The Bertz CT molecular complexity index is 653. The normalized spacial score (nSPS) is 19.0. The first-order chi connectivity index (χ1) is 13.1. The van der Waals surface area contributed by atoms with Gasteiger partial charge >= 0.3 is 6.09 Å². The van der Waals surface area contributed by atoms with Gasteiger partial charge in [0.05, 0.1) is 6.61 Å². The highest BCUT2D eigenvalue weighted by atomic mass is 16.6. The van der Waals surface area contributed by atoms with Crippen molar-refractivity contribution in [2.75, 3.05) is 57.8 Å². The van der Waals surface area contributed by atoms with Gasteiger partial charge in [0, 0.05) is 57.1 Å². The van der Waals surface area contributed by atoms with Crippen LogP contribution in [0.25, 0.3) is 0 Å². The lowest BCUT2D eigenvalue weighted by Crippen LogP contribution is -2.47.